The van der Waals surface area contributed by atoms with Crippen molar-refractivity contribution in [2.24, 2.45) is 0 Å². The number of fused-ring (bicyclic) bond motifs is 1. The van der Waals surface area contributed by atoms with Crippen LogP contribution >= 0.6 is 0 Å². The number of nitrogens with one attached hydrogen (secondary N) is 1. The van der Waals surface area contributed by atoms with E-state index in [1.54, 1.807) is 24.3 Å². The Morgan fingerprint density at radius 2 is 1.86 bits per heavy atom. The van der Waals surface area contributed by atoms with Crippen LogP contribution in [-0.4, -0.2) is 29.2 Å². The number of ether oxygens (including phenoxy) is 2. The van der Waals surface area contributed by atoms with Crippen molar-refractivity contribution in [2.75, 3.05) is 23.6 Å². The largest absolute Gasteiger partial charge is 0.454 e. The van der Waals surface area contributed by atoms with Crippen LogP contribution in [0.5, 0.6) is 11.5 Å². The summed E-state index contributed by atoms with van der Waals surface area (Å²) in [4.78, 5) is 23.7. The first-order valence-electron chi connectivity index (χ1n) is 9.03. The maximum absolute atomic E-state index is 12.8. The summed E-state index contributed by atoms with van der Waals surface area (Å²) in [5.74, 6) is 1.46. The number of carbonyl (C=O) groups excluding carboxylic acids is 1. The fourth-order valence-electron chi connectivity index (χ4n) is 3.01. The minimum absolute atomic E-state index is 0.188. The normalized spacial score (nSPS) is 11.9. The molecule has 0 radical (unpaired) electrons. The molecule has 0 saturated heterocycles. The lowest BCUT2D eigenvalue weighted by molar-refractivity contribution is 0.102. The van der Waals surface area contributed by atoms with E-state index in [2.05, 4.69) is 15.3 Å². The van der Waals surface area contributed by atoms with Crippen LogP contribution < -0.4 is 19.7 Å². The zero-order valence-electron chi connectivity index (χ0n) is 15.7. The van der Waals surface area contributed by atoms with Gasteiger partial charge in [0.2, 0.25) is 12.7 Å². The van der Waals surface area contributed by atoms with Crippen LogP contribution in [0, 0.1) is 6.92 Å². The van der Waals surface area contributed by atoms with Gasteiger partial charge in [-0.1, -0.05) is 18.2 Å². The predicted molar refractivity (Wildman–Crippen MR) is 106 cm³/mol. The number of carbonyl (C=O) groups is 1. The topological polar surface area (TPSA) is 76.6 Å². The van der Waals surface area contributed by atoms with Gasteiger partial charge in [0.05, 0.1) is 0 Å². The van der Waals surface area contributed by atoms with E-state index in [0.717, 1.165) is 11.4 Å². The van der Waals surface area contributed by atoms with E-state index in [9.17, 15) is 4.79 Å². The van der Waals surface area contributed by atoms with Gasteiger partial charge in [0.15, 0.2) is 11.5 Å². The third-order valence-corrected chi connectivity index (χ3v) is 4.33. The second-order valence-electron chi connectivity index (χ2n) is 6.30. The van der Waals surface area contributed by atoms with Gasteiger partial charge in [0.25, 0.3) is 5.91 Å². The lowest BCUT2D eigenvalue weighted by Crippen LogP contribution is -2.22. The van der Waals surface area contributed by atoms with Gasteiger partial charge < -0.3 is 19.7 Å². The molecular weight excluding hydrogens is 356 g/mol. The Morgan fingerprint density at radius 1 is 1.07 bits per heavy atom. The number of aryl methyl sites for hydroxylation is 1. The number of para-hydroxylation sites is 1. The average Bonchev–Trinajstić information content (AvgIpc) is 3.17. The van der Waals surface area contributed by atoms with Crippen molar-refractivity contribution < 1.29 is 14.3 Å². The first-order valence-corrected chi connectivity index (χ1v) is 9.03. The van der Waals surface area contributed by atoms with Gasteiger partial charge in [0, 0.05) is 29.7 Å². The number of nitrogens with zero attached hydrogens (tertiary/aromatic N) is 3. The van der Waals surface area contributed by atoms with E-state index in [1.165, 1.54) is 0 Å². The van der Waals surface area contributed by atoms with Crippen LogP contribution in [-0.2, 0) is 0 Å². The number of rotatable bonds is 5. The van der Waals surface area contributed by atoms with Gasteiger partial charge in [-0.2, -0.15) is 0 Å². The van der Waals surface area contributed by atoms with E-state index >= 15 is 0 Å². The smallest absolute Gasteiger partial charge is 0.274 e. The lowest BCUT2D eigenvalue weighted by Gasteiger charge is -2.21. The molecule has 2 aromatic carbocycles. The molecule has 1 amide bonds. The molecule has 2 heterocycles. The van der Waals surface area contributed by atoms with E-state index in [1.807, 2.05) is 49.1 Å². The molecular formula is C21H20N4O3. The summed E-state index contributed by atoms with van der Waals surface area (Å²) >= 11 is 0. The average molecular weight is 376 g/mol. The summed E-state index contributed by atoms with van der Waals surface area (Å²) < 4.78 is 10.6. The monoisotopic (exact) mass is 376 g/mol. The van der Waals surface area contributed by atoms with E-state index in [4.69, 9.17) is 9.47 Å². The number of benzene rings is 2. The minimum Gasteiger partial charge on any atom is -0.454 e. The summed E-state index contributed by atoms with van der Waals surface area (Å²) in [6, 6.07) is 16.8. The van der Waals surface area contributed by atoms with Gasteiger partial charge in [-0.3, -0.25) is 4.79 Å². The van der Waals surface area contributed by atoms with E-state index in [0.29, 0.717) is 35.4 Å². The summed E-state index contributed by atoms with van der Waals surface area (Å²) in [7, 11) is 0. The molecule has 28 heavy (non-hydrogen) atoms. The lowest BCUT2D eigenvalue weighted by atomic mass is 10.2. The minimum atomic E-state index is -0.310. The number of aromatic nitrogens is 2. The second-order valence-corrected chi connectivity index (χ2v) is 6.30. The van der Waals surface area contributed by atoms with Crippen LogP contribution in [0.3, 0.4) is 0 Å². The fourth-order valence-corrected chi connectivity index (χ4v) is 3.01. The van der Waals surface area contributed by atoms with Gasteiger partial charge in [-0.25, -0.2) is 9.97 Å². The highest BCUT2D eigenvalue weighted by molar-refractivity contribution is 6.03. The maximum Gasteiger partial charge on any atom is 0.274 e. The third kappa shape index (κ3) is 3.59. The van der Waals surface area contributed by atoms with Crippen molar-refractivity contribution in [3.05, 3.63) is 66.0 Å². The highest BCUT2D eigenvalue weighted by Gasteiger charge is 2.18. The van der Waals surface area contributed by atoms with Gasteiger partial charge in [-0.15, -0.1) is 0 Å². The van der Waals surface area contributed by atoms with Gasteiger partial charge in [-0.05, 0) is 44.2 Å². The van der Waals surface area contributed by atoms with Gasteiger partial charge in [0.1, 0.15) is 5.69 Å². The molecule has 7 nitrogen and oxygen atoms in total. The Labute approximate surface area is 163 Å². The van der Waals surface area contributed by atoms with Crippen molar-refractivity contribution in [3.63, 3.8) is 0 Å². The summed E-state index contributed by atoms with van der Waals surface area (Å²) in [5, 5.41) is 2.86. The molecule has 0 atom stereocenters. The Bertz CT molecular complexity index is 1010. The van der Waals surface area contributed by atoms with Crippen molar-refractivity contribution in [2.45, 2.75) is 13.8 Å². The SMILES string of the molecule is CCN(c1ccccc1)c1nc(C)cc(C(=O)Nc2ccc3c(c2)OCO3)n1. The summed E-state index contributed by atoms with van der Waals surface area (Å²) in [5.41, 5.74) is 2.60. The Balaban J connectivity index is 1.60. The standard InChI is InChI=1S/C21H20N4O3/c1-3-25(16-7-5-4-6-8-16)21-22-14(2)11-17(24-21)20(26)23-15-9-10-18-19(12-15)28-13-27-18/h4-12H,3,13H2,1-2H3,(H,23,26). The first-order chi connectivity index (χ1) is 13.6. The number of hydrogen-bond acceptors (Lipinski definition) is 6. The van der Waals surface area contributed by atoms with E-state index in [-0.39, 0.29) is 12.7 Å². The Hall–Kier alpha value is -3.61. The van der Waals surface area contributed by atoms with E-state index < -0.39 is 0 Å². The van der Waals surface area contributed by atoms with Crippen LogP contribution in [0.2, 0.25) is 0 Å². The fraction of sp³-hybridized carbons (Fsp3) is 0.190. The molecule has 4 rings (SSSR count). The number of anilines is 3. The Morgan fingerprint density at radius 3 is 2.64 bits per heavy atom. The molecule has 0 spiro atoms. The highest BCUT2D eigenvalue weighted by atomic mass is 16.7. The number of hydrogen-bond donors (Lipinski definition) is 1. The van der Waals surface area contributed by atoms with Crippen molar-refractivity contribution in [1.29, 1.82) is 0 Å². The van der Waals surface area contributed by atoms with Crippen LogP contribution in [0.1, 0.15) is 23.1 Å². The molecule has 0 saturated carbocycles. The third-order valence-electron chi connectivity index (χ3n) is 4.33. The summed E-state index contributed by atoms with van der Waals surface area (Å²) in [6.07, 6.45) is 0. The molecule has 1 aromatic heterocycles. The molecule has 0 aliphatic carbocycles. The second kappa shape index (κ2) is 7.56. The molecule has 1 N–H and O–H groups in total. The molecule has 142 valence electrons. The predicted octanol–water partition coefficient (Wildman–Crippen LogP) is 3.92. The summed E-state index contributed by atoms with van der Waals surface area (Å²) in [6.45, 7) is 4.73. The van der Waals surface area contributed by atoms with Crippen LogP contribution in [0.15, 0.2) is 54.6 Å². The van der Waals surface area contributed by atoms with Crippen molar-refractivity contribution in [3.8, 4) is 11.5 Å². The zero-order valence-corrected chi connectivity index (χ0v) is 15.7. The zero-order chi connectivity index (χ0) is 19.5. The first kappa shape index (κ1) is 17.8. The highest BCUT2D eigenvalue weighted by Crippen LogP contribution is 2.34. The molecule has 0 fully saturated rings. The molecule has 3 aromatic rings. The maximum atomic E-state index is 12.8. The Kier molecular flexibility index (Phi) is 4.80. The molecule has 1 aliphatic heterocycles. The van der Waals surface area contributed by atoms with Crippen molar-refractivity contribution in [1.82, 2.24) is 9.97 Å². The molecule has 0 unspecified atom stereocenters. The quantitative estimate of drug-likeness (QED) is 0.727. The molecule has 0 bridgehead atoms. The van der Waals surface area contributed by atoms with Crippen LogP contribution in [0.25, 0.3) is 0 Å². The molecule has 1 aliphatic rings. The van der Waals surface area contributed by atoms with Gasteiger partial charge >= 0.3 is 0 Å². The number of amides is 1. The molecule has 7 heteroatoms. The van der Waals surface area contributed by atoms with Crippen molar-refractivity contribution >= 4 is 23.2 Å². The van der Waals surface area contributed by atoms with Crippen LogP contribution in [0.4, 0.5) is 17.3 Å².